The van der Waals surface area contributed by atoms with E-state index >= 15 is 0 Å². The molecule has 4 aromatic rings. The molecule has 0 spiro atoms. The first kappa shape index (κ1) is 20.3. The third kappa shape index (κ3) is 3.54. The summed E-state index contributed by atoms with van der Waals surface area (Å²) in [6.45, 7) is 0. The number of carbonyl (C=O) groups excluding carboxylic acids is 1. The average Bonchev–Trinajstić information content (AvgIpc) is 3.22. The number of anilines is 1. The van der Waals surface area contributed by atoms with Crippen LogP contribution in [0.3, 0.4) is 0 Å². The van der Waals surface area contributed by atoms with E-state index in [1.54, 1.807) is 12.1 Å². The molecule has 1 unspecified atom stereocenters. The minimum absolute atomic E-state index is 0.0600. The SMILES string of the molecule is O=C1C2=CC(Cc3ccc(-c4ccccc4)cc3)c3ccccc3C2=NN1c1ccc(F)cc1. The van der Waals surface area contributed by atoms with Gasteiger partial charge in [-0.2, -0.15) is 10.1 Å². The van der Waals surface area contributed by atoms with Crippen molar-refractivity contribution in [2.45, 2.75) is 12.3 Å². The van der Waals surface area contributed by atoms with E-state index in [2.05, 4.69) is 47.6 Å². The summed E-state index contributed by atoms with van der Waals surface area (Å²) >= 11 is 0. The smallest absolute Gasteiger partial charge is 0.267 e. The van der Waals surface area contributed by atoms with Crippen LogP contribution >= 0.6 is 0 Å². The lowest BCUT2D eigenvalue weighted by molar-refractivity contribution is -0.114. The Labute approximate surface area is 197 Å². The molecule has 0 radical (unpaired) electrons. The summed E-state index contributed by atoms with van der Waals surface area (Å²) in [7, 11) is 0. The van der Waals surface area contributed by atoms with E-state index in [0.29, 0.717) is 17.0 Å². The van der Waals surface area contributed by atoms with E-state index in [1.807, 2.05) is 42.5 Å². The molecule has 0 bridgehead atoms. The average molecular weight is 445 g/mol. The second kappa shape index (κ2) is 8.23. The first-order chi connectivity index (χ1) is 16.7. The summed E-state index contributed by atoms with van der Waals surface area (Å²) in [5, 5.41) is 6.00. The molecule has 34 heavy (non-hydrogen) atoms. The Morgan fingerprint density at radius 3 is 2.21 bits per heavy atom. The Hall–Kier alpha value is -4.31. The fourth-order valence-corrected chi connectivity index (χ4v) is 4.73. The second-order valence-corrected chi connectivity index (χ2v) is 8.58. The molecule has 0 fully saturated rings. The molecule has 1 aliphatic carbocycles. The first-order valence-corrected chi connectivity index (χ1v) is 11.3. The highest BCUT2D eigenvalue weighted by Crippen LogP contribution is 2.37. The van der Waals surface area contributed by atoms with E-state index in [4.69, 9.17) is 0 Å². The predicted octanol–water partition coefficient (Wildman–Crippen LogP) is 6.51. The largest absolute Gasteiger partial charge is 0.280 e. The van der Waals surface area contributed by atoms with Crippen molar-refractivity contribution in [1.29, 1.82) is 0 Å². The Balaban J connectivity index is 1.33. The number of nitrogens with zero attached hydrogens (tertiary/aromatic N) is 2. The summed E-state index contributed by atoms with van der Waals surface area (Å²) in [6.07, 6.45) is 2.82. The normalized spacial score (nSPS) is 16.6. The van der Waals surface area contributed by atoms with Gasteiger partial charge in [0.1, 0.15) is 11.5 Å². The maximum atomic E-state index is 13.4. The molecular formula is C30H21FN2O. The van der Waals surface area contributed by atoms with E-state index in [9.17, 15) is 9.18 Å². The standard InChI is InChI=1S/C30H21FN2O/c31-24-14-16-25(17-15-24)33-30(34)28-19-23(26-8-4-5-9-27(26)29(28)32-33)18-20-10-12-22(13-11-20)21-6-2-1-3-7-21/h1-17,19,23H,18H2. The van der Waals surface area contributed by atoms with Gasteiger partial charge >= 0.3 is 0 Å². The number of hydrogen-bond acceptors (Lipinski definition) is 2. The third-order valence-corrected chi connectivity index (χ3v) is 6.45. The number of amides is 1. The van der Waals surface area contributed by atoms with Crippen molar-refractivity contribution < 1.29 is 9.18 Å². The van der Waals surface area contributed by atoms with Crippen LogP contribution in [-0.4, -0.2) is 11.6 Å². The number of hydrogen-bond donors (Lipinski definition) is 0. The minimum Gasteiger partial charge on any atom is -0.267 e. The van der Waals surface area contributed by atoms with Crippen LogP contribution in [0.2, 0.25) is 0 Å². The Morgan fingerprint density at radius 2 is 1.44 bits per heavy atom. The number of fused-ring (bicyclic) bond motifs is 3. The Kier molecular flexibility index (Phi) is 4.92. The zero-order chi connectivity index (χ0) is 23.1. The van der Waals surface area contributed by atoms with Gasteiger partial charge in [0.15, 0.2) is 0 Å². The summed E-state index contributed by atoms with van der Waals surface area (Å²) in [4.78, 5) is 13.3. The molecule has 1 heterocycles. The highest BCUT2D eigenvalue weighted by atomic mass is 19.1. The molecule has 1 amide bonds. The van der Waals surface area contributed by atoms with Crippen molar-refractivity contribution in [3.63, 3.8) is 0 Å². The highest BCUT2D eigenvalue weighted by Gasteiger charge is 2.37. The number of carbonyl (C=O) groups is 1. The molecule has 1 atom stereocenters. The third-order valence-electron chi connectivity index (χ3n) is 6.45. The summed E-state index contributed by atoms with van der Waals surface area (Å²) in [5.74, 6) is -0.464. The van der Waals surface area contributed by atoms with Crippen LogP contribution in [0.4, 0.5) is 10.1 Å². The molecule has 6 rings (SSSR count). The van der Waals surface area contributed by atoms with Crippen molar-refractivity contribution in [1.82, 2.24) is 0 Å². The monoisotopic (exact) mass is 444 g/mol. The molecular weight excluding hydrogens is 423 g/mol. The van der Waals surface area contributed by atoms with Crippen LogP contribution in [0.25, 0.3) is 11.1 Å². The van der Waals surface area contributed by atoms with Crippen LogP contribution in [0.1, 0.15) is 22.6 Å². The number of hydrazone groups is 1. The van der Waals surface area contributed by atoms with Gasteiger partial charge in [0.2, 0.25) is 0 Å². The molecule has 0 aromatic heterocycles. The number of benzene rings is 4. The fraction of sp³-hybridized carbons (Fsp3) is 0.0667. The fourth-order valence-electron chi connectivity index (χ4n) is 4.73. The lowest BCUT2D eigenvalue weighted by Crippen LogP contribution is -2.23. The maximum Gasteiger partial charge on any atom is 0.280 e. The molecule has 3 nitrogen and oxygen atoms in total. The second-order valence-electron chi connectivity index (χ2n) is 8.58. The van der Waals surface area contributed by atoms with Crippen LogP contribution in [0.5, 0.6) is 0 Å². The van der Waals surface area contributed by atoms with Gasteiger partial charge in [-0.05, 0) is 52.9 Å². The minimum atomic E-state index is -0.344. The molecule has 2 aliphatic rings. The van der Waals surface area contributed by atoms with Crippen molar-refractivity contribution in [2.75, 3.05) is 5.01 Å². The Morgan fingerprint density at radius 1 is 0.765 bits per heavy atom. The van der Waals surface area contributed by atoms with Gasteiger partial charge in [0.25, 0.3) is 5.91 Å². The lowest BCUT2D eigenvalue weighted by atomic mass is 9.80. The molecule has 164 valence electrons. The van der Waals surface area contributed by atoms with Crippen LogP contribution in [0.15, 0.2) is 120 Å². The number of allylic oxidation sites excluding steroid dienone is 1. The van der Waals surface area contributed by atoms with Gasteiger partial charge in [-0.1, -0.05) is 84.9 Å². The van der Waals surface area contributed by atoms with Crippen LogP contribution < -0.4 is 5.01 Å². The summed E-state index contributed by atoms with van der Waals surface area (Å²) in [6, 6.07) is 32.9. The number of halogens is 1. The van der Waals surface area contributed by atoms with Gasteiger partial charge in [0, 0.05) is 11.5 Å². The topological polar surface area (TPSA) is 32.7 Å². The molecule has 0 saturated heterocycles. The molecule has 1 aliphatic heterocycles. The van der Waals surface area contributed by atoms with Gasteiger partial charge in [-0.3, -0.25) is 4.79 Å². The summed E-state index contributed by atoms with van der Waals surface area (Å²) < 4.78 is 13.4. The summed E-state index contributed by atoms with van der Waals surface area (Å²) in [5.41, 5.74) is 7.56. The maximum absolute atomic E-state index is 13.4. The lowest BCUT2D eigenvalue weighted by Gasteiger charge is -2.23. The zero-order valence-corrected chi connectivity index (χ0v) is 18.4. The zero-order valence-electron chi connectivity index (χ0n) is 18.4. The van der Waals surface area contributed by atoms with Gasteiger partial charge in [0.05, 0.1) is 11.3 Å². The van der Waals surface area contributed by atoms with E-state index in [1.165, 1.54) is 33.8 Å². The van der Waals surface area contributed by atoms with E-state index < -0.39 is 0 Å². The highest BCUT2D eigenvalue weighted by molar-refractivity contribution is 6.36. The van der Waals surface area contributed by atoms with Gasteiger partial charge in [-0.25, -0.2) is 4.39 Å². The van der Waals surface area contributed by atoms with Crippen LogP contribution in [0, 0.1) is 5.82 Å². The quantitative estimate of drug-likeness (QED) is 0.353. The van der Waals surface area contributed by atoms with Crippen molar-refractivity contribution in [2.24, 2.45) is 5.10 Å². The predicted molar refractivity (Wildman–Crippen MR) is 133 cm³/mol. The van der Waals surface area contributed by atoms with Crippen molar-refractivity contribution >= 4 is 17.3 Å². The molecule has 0 N–H and O–H groups in total. The van der Waals surface area contributed by atoms with Crippen molar-refractivity contribution in [3.8, 4) is 11.1 Å². The number of rotatable bonds is 4. The van der Waals surface area contributed by atoms with Crippen LogP contribution in [-0.2, 0) is 11.2 Å². The first-order valence-electron chi connectivity index (χ1n) is 11.3. The van der Waals surface area contributed by atoms with Crippen molar-refractivity contribution in [3.05, 3.63) is 137 Å². The van der Waals surface area contributed by atoms with Gasteiger partial charge < -0.3 is 0 Å². The van der Waals surface area contributed by atoms with E-state index in [-0.39, 0.29) is 17.6 Å². The molecule has 0 saturated carbocycles. The molecule has 4 heteroatoms. The van der Waals surface area contributed by atoms with Gasteiger partial charge in [-0.15, -0.1) is 0 Å². The van der Waals surface area contributed by atoms with E-state index in [0.717, 1.165) is 17.5 Å². The molecule has 4 aromatic carbocycles. The Bertz CT molecular complexity index is 1440.